The van der Waals surface area contributed by atoms with Crippen LogP contribution in [-0.2, 0) is 14.4 Å². The minimum atomic E-state index is -0.711. The zero-order valence-electron chi connectivity index (χ0n) is 9.60. The molecule has 0 aliphatic carbocycles. The Morgan fingerprint density at radius 1 is 1.28 bits per heavy atom. The first-order chi connectivity index (χ1) is 8.50. The molecule has 2 rings (SSSR count). The van der Waals surface area contributed by atoms with Crippen molar-refractivity contribution >= 4 is 33.7 Å². The van der Waals surface area contributed by atoms with Gasteiger partial charge >= 0.3 is 5.97 Å². The fourth-order valence-electron chi connectivity index (χ4n) is 1.62. The molecule has 2 amide bonds. The van der Waals surface area contributed by atoms with E-state index in [-0.39, 0.29) is 12.8 Å². The van der Waals surface area contributed by atoms with Crippen LogP contribution in [0.15, 0.2) is 22.7 Å². The number of imide groups is 1. The van der Waals surface area contributed by atoms with Crippen LogP contribution in [0, 0.1) is 6.92 Å². The third kappa shape index (κ3) is 2.28. The lowest BCUT2D eigenvalue weighted by atomic mass is 10.1. The van der Waals surface area contributed by atoms with Crippen molar-refractivity contribution < 1.29 is 19.2 Å². The zero-order chi connectivity index (χ0) is 13.3. The fourth-order valence-corrected chi connectivity index (χ4v) is 1.98. The summed E-state index contributed by atoms with van der Waals surface area (Å²) in [5.41, 5.74) is 1.01. The summed E-state index contributed by atoms with van der Waals surface area (Å²) >= 11 is 3.30. The maximum Gasteiger partial charge on any atom is 0.364 e. The Balaban J connectivity index is 2.20. The van der Waals surface area contributed by atoms with Crippen molar-refractivity contribution in [2.24, 2.45) is 0 Å². The Hall–Kier alpha value is -1.69. The molecule has 0 aromatic heterocycles. The molecule has 6 heteroatoms. The molecular weight excluding hydrogens is 302 g/mol. The number of hydrogen-bond acceptors (Lipinski definition) is 4. The number of carbonyl (C=O) groups excluding carboxylic acids is 3. The Bertz CT molecular complexity index is 525. The molecule has 1 heterocycles. The second kappa shape index (κ2) is 4.89. The van der Waals surface area contributed by atoms with Crippen molar-refractivity contribution in [2.45, 2.75) is 19.8 Å². The van der Waals surface area contributed by atoms with Gasteiger partial charge in [0.1, 0.15) is 0 Å². The molecule has 1 aromatic rings. The van der Waals surface area contributed by atoms with E-state index < -0.39 is 17.8 Å². The van der Waals surface area contributed by atoms with Crippen molar-refractivity contribution in [3.05, 3.63) is 33.8 Å². The van der Waals surface area contributed by atoms with Crippen molar-refractivity contribution in [2.75, 3.05) is 0 Å². The lowest BCUT2D eigenvalue weighted by Gasteiger charge is -2.13. The zero-order valence-corrected chi connectivity index (χ0v) is 11.2. The smallest absolute Gasteiger partial charge is 0.325 e. The molecule has 1 aliphatic rings. The first-order valence-electron chi connectivity index (χ1n) is 5.34. The molecular formula is C12H10BrNO4. The van der Waals surface area contributed by atoms with Gasteiger partial charge in [0.05, 0.1) is 5.56 Å². The van der Waals surface area contributed by atoms with E-state index in [9.17, 15) is 14.4 Å². The van der Waals surface area contributed by atoms with Gasteiger partial charge in [-0.15, -0.1) is 5.06 Å². The van der Waals surface area contributed by atoms with Crippen molar-refractivity contribution in [3.63, 3.8) is 0 Å². The van der Waals surface area contributed by atoms with Crippen LogP contribution in [0.5, 0.6) is 0 Å². The van der Waals surface area contributed by atoms with E-state index in [2.05, 4.69) is 15.9 Å². The highest BCUT2D eigenvalue weighted by Gasteiger charge is 2.33. The quantitative estimate of drug-likeness (QED) is 0.783. The molecule has 0 N–H and O–H groups in total. The molecule has 0 spiro atoms. The van der Waals surface area contributed by atoms with Gasteiger partial charge in [-0.25, -0.2) is 4.79 Å². The first kappa shape index (κ1) is 12.8. The van der Waals surface area contributed by atoms with E-state index in [0.29, 0.717) is 16.2 Å². The number of hydroxylamine groups is 2. The van der Waals surface area contributed by atoms with Crippen LogP contribution in [0.4, 0.5) is 0 Å². The van der Waals surface area contributed by atoms with E-state index in [1.807, 2.05) is 0 Å². The van der Waals surface area contributed by atoms with Gasteiger partial charge in [-0.3, -0.25) is 9.59 Å². The van der Waals surface area contributed by atoms with Crippen LogP contribution in [0.1, 0.15) is 28.8 Å². The number of benzene rings is 1. The Labute approximate surface area is 112 Å². The standard InChI is InChI=1S/C12H10BrNO4/c1-7-8(3-2-4-9(7)13)12(17)18-14-10(15)5-6-11(14)16/h2-4H,5-6H2,1H3. The number of hydrogen-bond donors (Lipinski definition) is 0. The summed E-state index contributed by atoms with van der Waals surface area (Å²) in [5.74, 6) is -1.68. The van der Waals surface area contributed by atoms with Crippen LogP contribution in [-0.4, -0.2) is 22.8 Å². The number of amides is 2. The predicted molar refractivity (Wildman–Crippen MR) is 65.4 cm³/mol. The summed E-state index contributed by atoms with van der Waals surface area (Å²) in [7, 11) is 0. The van der Waals surface area contributed by atoms with Gasteiger partial charge in [-0.2, -0.15) is 0 Å². The van der Waals surface area contributed by atoms with Gasteiger partial charge in [0.15, 0.2) is 0 Å². The van der Waals surface area contributed by atoms with E-state index in [1.165, 1.54) is 0 Å². The summed E-state index contributed by atoms with van der Waals surface area (Å²) in [6.45, 7) is 1.74. The van der Waals surface area contributed by atoms with Crippen LogP contribution in [0.3, 0.4) is 0 Å². The van der Waals surface area contributed by atoms with Crippen LogP contribution in [0.2, 0.25) is 0 Å². The molecule has 0 radical (unpaired) electrons. The average molecular weight is 312 g/mol. The molecule has 5 nitrogen and oxygen atoms in total. The summed E-state index contributed by atoms with van der Waals surface area (Å²) in [6.07, 6.45) is 0.174. The molecule has 0 atom stereocenters. The third-order valence-electron chi connectivity index (χ3n) is 2.67. The Morgan fingerprint density at radius 2 is 1.89 bits per heavy atom. The lowest BCUT2D eigenvalue weighted by molar-refractivity contribution is -0.172. The van der Waals surface area contributed by atoms with Gasteiger partial charge in [-0.05, 0) is 24.6 Å². The Kier molecular flexibility index (Phi) is 3.47. The van der Waals surface area contributed by atoms with E-state index in [0.717, 1.165) is 4.47 Å². The summed E-state index contributed by atoms with van der Waals surface area (Å²) in [6, 6.07) is 5.05. The van der Waals surface area contributed by atoms with Gasteiger partial charge < -0.3 is 4.84 Å². The minimum absolute atomic E-state index is 0.0869. The largest absolute Gasteiger partial charge is 0.364 e. The summed E-state index contributed by atoms with van der Waals surface area (Å²) in [4.78, 5) is 39.4. The maximum atomic E-state index is 11.9. The molecule has 1 fully saturated rings. The number of carbonyl (C=O) groups is 3. The van der Waals surface area contributed by atoms with Gasteiger partial charge in [0.25, 0.3) is 11.8 Å². The van der Waals surface area contributed by atoms with Gasteiger partial charge in [0, 0.05) is 17.3 Å². The third-order valence-corrected chi connectivity index (χ3v) is 3.53. The lowest BCUT2D eigenvalue weighted by Crippen LogP contribution is -2.32. The van der Waals surface area contributed by atoms with Crippen molar-refractivity contribution in [1.82, 2.24) is 5.06 Å². The average Bonchev–Trinajstić information content (AvgIpc) is 2.64. The van der Waals surface area contributed by atoms with Crippen molar-refractivity contribution in [1.29, 1.82) is 0 Å². The second-order valence-electron chi connectivity index (χ2n) is 3.87. The number of rotatable bonds is 2. The molecule has 0 saturated carbocycles. The molecule has 1 aliphatic heterocycles. The molecule has 0 unspecified atom stereocenters. The van der Waals surface area contributed by atoms with Gasteiger partial charge in [0.2, 0.25) is 0 Å². The first-order valence-corrected chi connectivity index (χ1v) is 6.13. The Morgan fingerprint density at radius 3 is 2.50 bits per heavy atom. The molecule has 94 valence electrons. The molecule has 0 bridgehead atoms. The number of halogens is 1. The highest BCUT2D eigenvalue weighted by molar-refractivity contribution is 9.10. The van der Waals surface area contributed by atoms with Crippen LogP contribution >= 0.6 is 15.9 Å². The molecule has 18 heavy (non-hydrogen) atoms. The van der Waals surface area contributed by atoms with E-state index in [4.69, 9.17) is 4.84 Å². The molecule has 1 aromatic carbocycles. The topological polar surface area (TPSA) is 63.7 Å². The number of nitrogens with zero attached hydrogens (tertiary/aromatic N) is 1. The van der Waals surface area contributed by atoms with Crippen LogP contribution < -0.4 is 0 Å². The van der Waals surface area contributed by atoms with Crippen molar-refractivity contribution in [3.8, 4) is 0 Å². The maximum absolute atomic E-state index is 11.9. The monoisotopic (exact) mass is 311 g/mol. The van der Waals surface area contributed by atoms with Gasteiger partial charge in [-0.1, -0.05) is 22.0 Å². The predicted octanol–water partition coefficient (Wildman–Crippen LogP) is 1.98. The fraction of sp³-hybridized carbons (Fsp3) is 0.250. The summed E-state index contributed by atoms with van der Waals surface area (Å²) in [5, 5.41) is 0.544. The summed E-state index contributed by atoms with van der Waals surface area (Å²) < 4.78 is 0.760. The van der Waals surface area contributed by atoms with Crippen LogP contribution in [0.25, 0.3) is 0 Å². The second-order valence-corrected chi connectivity index (χ2v) is 4.73. The SMILES string of the molecule is Cc1c(Br)cccc1C(=O)ON1C(=O)CCC1=O. The normalized spacial score (nSPS) is 15.1. The highest BCUT2D eigenvalue weighted by atomic mass is 79.9. The highest BCUT2D eigenvalue weighted by Crippen LogP contribution is 2.21. The van der Waals surface area contributed by atoms with E-state index in [1.54, 1.807) is 25.1 Å². The minimum Gasteiger partial charge on any atom is -0.325 e. The van der Waals surface area contributed by atoms with E-state index >= 15 is 0 Å². The molecule has 1 saturated heterocycles.